The van der Waals surface area contributed by atoms with Crippen LogP contribution in [0.4, 0.5) is 22.0 Å². The molecule has 0 aliphatic rings. The minimum Gasteiger partial charge on any atom is -0.416 e. The molecule has 0 atom stereocenters. The van der Waals surface area contributed by atoms with Crippen molar-refractivity contribution in [2.75, 3.05) is 0 Å². The van der Waals surface area contributed by atoms with E-state index in [0.29, 0.717) is 6.42 Å². The summed E-state index contributed by atoms with van der Waals surface area (Å²) in [5, 5.41) is 0. The summed E-state index contributed by atoms with van der Waals surface area (Å²) in [4.78, 5) is 11.7. The molecule has 2 nitrogen and oxygen atoms in total. The molecule has 0 fully saturated rings. The molecule has 0 aliphatic carbocycles. The van der Waals surface area contributed by atoms with E-state index >= 15 is 0 Å². The Morgan fingerprint density at radius 2 is 1.32 bits per heavy atom. The number of benzene rings is 2. The number of halogens is 5. The van der Waals surface area contributed by atoms with E-state index in [9.17, 15) is 26.7 Å². The summed E-state index contributed by atoms with van der Waals surface area (Å²) in [6, 6.07) is 5.81. The average Bonchev–Trinajstić information content (AvgIpc) is 2.55. The quantitative estimate of drug-likeness (QED) is 0.279. The maximum atomic E-state index is 13.4. The number of carbonyl (C=O) groups excluding carboxylic acids is 1. The molecule has 0 bridgehead atoms. The zero-order valence-corrected chi connectivity index (χ0v) is 11.2. The Hall–Kier alpha value is -2.44. The number of rotatable bonds is 3. The first-order valence-electron chi connectivity index (χ1n) is 6.19. The van der Waals surface area contributed by atoms with Gasteiger partial charge in [-0.25, -0.2) is 18.0 Å². The molecule has 0 unspecified atom stereocenters. The number of aryl methyl sites for hydroxylation is 1. The van der Waals surface area contributed by atoms with Gasteiger partial charge in [-0.2, -0.15) is 8.78 Å². The van der Waals surface area contributed by atoms with Crippen molar-refractivity contribution >= 4 is 5.97 Å². The molecule has 0 heterocycles. The lowest BCUT2D eigenvalue weighted by Gasteiger charge is -2.09. The average molecular weight is 316 g/mol. The summed E-state index contributed by atoms with van der Waals surface area (Å²) in [5.41, 5.74) is 0.814. The van der Waals surface area contributed by atoms with Crippen molar-refractivity contribution in [3.8, 4) is 5.75 Å². The van der Waals surface area contributed by atoms with Crippen LogP contribution in [0.1, 0.15) is 22.8 Å². The van der Waals surface area contributed by atoms with Gasteiger partial charge in [-0.05, 0) is 24.1 Å². The standard InChI is InChI=1S/C15H9F5O2/c1-2-7-3-5-8(6-4-7)15(21)22-14-12(19)10(17)9(16)11(18)13(14)20/h3-6H,2H2,1H3. The minimum absolute atomic E-state index is 0.0823. The van der Waals surface area contributed by atoms with Crippen LogP contribution >= 0.6 is 0 Å². The predicted molar refractivity (Wildman–Crippen MR) is 67.0 cm³/mol. The van der Waals surface area contributed by atoms with Crippen LogP contribution in [-0.2, 0) is 6.42 Å². The van der Waals surface area contributed by atoms with Gasteiger partial charge in [0.05, 0.1) is 5.56 Å². The third-order valence-corrected chi connectivity index (χ3v) is 2.96. The Bertz CT molecular complexity index is 697. The molecule has 116 valence electrons. The van der Waals surface area contributed by atoms with Gasteiger partial charge in [-0.1, -0.05) is 19.1 Å². The molecule has 0 N–H and O–H groups in total. The lowest BCUT2D eigenvalue weighted by atomic mass is 10.1. The highest BCUT2D eigenvalue weighted by molar-refractivity contribution is 5.91. The van der Waals surface area contributed by atoms with Crippen molar-refractivity contribution in [2.24, 2.45) is 0 Å². The maximum absolute atomic E-state index is 13.4. The van der Waals surface area contributed by atoms with Gasteiger partial charge in [-0.3, -0.25) is 0 Å². The number of hydrogen-bond donors (Lipinski definition) is 0. The highest BCUT2D eigenvalue weighted by atomic mass is 19.2. The smallest absolute Gasteiger partial charge is 0.343 e. The molecule has 7 heteroatoms. The number of ether oxygens (including phenoxy) is 1. The summed E-state index contributed by atoms with van der Waals surface area (Å²) in [6.45, 7) is 1.88. The van der Waals surface area contributed by atoms with Gasteiger partial charge in [0.2, 0.25) is 34.8 Å². The van der Waals surface area contributed by atoms with Crippen LogP contribution in [0.3, 0.4) is 0 Å². The molecule has 0 saturated heterocycles. The van der Waals surface area contributed by atoms with E-state index in [4.69, 9.17) is 0 Å². The number of esters is 1. The topological polar surface area (TPSA) is 26.3 Å². The SMILES string of the molecule is CCc1ccc(C(=O)Oc2c(F)c(F)c(F)c(F)c2F)cc1. The molecule has 0 amide bonds. The summed E-state index contributed by atoms with van der Waals surface area (Å²) in [5.74, 6) is -13.9. The second-order valence-corrected chi connectivity index (χ2v) is 4.34. The fourth-order valence-electron chi connectivity index (χ4n) is 1.70. The molecular weight excluding hydrogens is 307 g/mol. The first kappa shape index (κ1) is 15.9. The molecule has 0 aromatic heterocycles. The van der Waals surface area contributed by atoms with Gasteiger partial charge in [0.25, 0.3) is 0 Å². The Labute approximate surface area is 122 Å². The van der Waals surface area contributed by atoms with E-state index in [0.717, 1.165) is 5.56 Å². The molecule has 2 aromatic carbocycles. The third-order valence-electron chi connectivity index (χ3n) is 2.96. The van der Waals surface area contributed by atoms with E-state index < -0.39 is 40.8 Å². The first-order chi connectivity index (χ1) is 10.4. The number of carbonyl (C=O) groups is 1. The minimum atomic E-state index is -2.32. The van der Waals surface area contributed by atoms with Crippen LogP contribution in [0.25, 0.3) is 0 Å². The lowest BCUT2D eigenvalue weighted by Crippen LogP contribution is -2.13. The fraction of sp³-hybridized carbons (Fsp3) is 0.133. The highest BCUT2D eigenvalue weighted by Crippen LogP contribution is 2.29. The number of hydrogen-bond acceptors (Lipinski definition) is 2. The first-order valence-corrected chi connectivity index (χ1v) is 6.19. The summed E-state index contributed by atoms with van der Waals surface area (Å²) in [6.07, 6.45) is 0.701. The van der Waals surface area contributed by atoms with Gasteiger partial charge in [0, 0.05) is 0 Å². The van der Waals surface area contributed by atoms with E-state index in [1.54, 1.807) is 12.1 Å². The maximum Gasteiger partial charge on any atom is 0.343 e. The lowest BCUT2D eigenvalue weighted by molar-refractivity contribution is 0.0716. The van der Waals surface area contributed by atoms with Crippen molar-refractivity contribution in [3.63, 3.8) is 0 Å². The fourth-order valence-corrected chi connectivity index (χ4v) is 1.70. The zero-order valence-electron chi connectivity index (χ0n) is 11.2. The molecule has 22 heavy (non-hydrogen) atoms. The van der Waals surface area contributed by atoms with Gasteiger partial charge < -0.3 is 4.74 Å². The van der Waals surface area contributed by atoms with Crippen LogP contribution in [0.15, 0.2) is 24.3 Å². The molecule has 0 spiro atoms. The Morgan fingerprint density at radius 3 is 1.77 bits per heavy atom. The molecule has 0 saturated carbocycles. The highest BCUT2D eigenvalue weighted by Gasteiger charge is 2.28. The molecule has 0 radical (unpaired) electrons. The van der Waals surface area contributed by atoms with Crippen LogP contribution in [0.5, 0.6) is 5.75 Å². The van der Waals surface area contributed by atoms with Gasteiger partial charge >= 0.3 is 5.97 Å². The van der Waals surface area contributed by atoms with E-state index in [2.05, 4.69) is 4.74 Å². The van der Waals surface area contributed by atoms with Gasteiger partial charge in [0.15, 0.2) is 0 Å². The van der Waals surface area contributed by atoms with Crippen LogP contribution in [0.2, 0.25) is 0 Å². The molecule has 0 aliphatic heterocycles. The van der Waals surface area contributed by atoms with Crippen LogP contribution in [-0.4, -0.2) is 5.97 Å². The second kappa shape index (κ2) is 6.13. The largest absolute Gasteiger partial charge is 0.416 e. The summed E-state index contributed by atoms with van der Waals surface area (Å²) in [7, 11) is 0. The van der Waals surface area contributed by atoms with Crippen LogP contribution in [0, 0.1) is 29.1 Å². The Balaban J connectivity index is 2.36. The van der Waals surface area contributed by atoms with E-state index in [1.807, 2.05) is 6.92 Å². The monoisotopic (exact) mass is 316 g/mol. The predicted octanol–water partition coefficient (Wildman–Crippen LogP) is 4.16. The Morgan fingerprint density at radius 1 is 0.864 bits per heavy atom. The third kappa shape index (κ3) is 2.79. The second-order valence-electron chi connectivity index (χ2n) is 4.34. The summed E-state index contributed by atoms with van der Waals surface area (Å²) < 4.78 is 70.0. The van der Waals surface area contributed by atoms with Crippen molar-refractivity contribution in [2.45, 2.75) is 13.3 Å². The summed E-state index contributed by atoms with van der Waals surface area (Å²) >= 11 is 0. The van der Waals surface area contributed by atoms with E-state index in [1.165, 1.54) is 12.1 Å². The molecule has 2 aromatic rings. The van der Waals surface area contributed by atoms with Crippen LogP contribution < -0.4 is 4.74 Å². The normalized spacial score (nSPS) is 10.6. The van der Waals surface area contributed by atoms with Gasteiger partial charge in [-0.15, -0.1) is 0 Å². The van der Waals surface area contributed by atoms with Gasteiger partial charge in [0.1, 0.15) is 0 Å². The van der Waals surface area contributed by atoms with E-state index in [-0.39, 0.29) is 5.56 Å². The Kier molecular flexibility index (Phi) is 4.44. The van der Waals surface area contributed by atoms with Crippen molar-refractivity contribution < 1.29 is 31.5 Å². The molecular formula is C15H9F5O2. The molecule has 2 rings (SSSR count). The van der Waals surface area contributed by atoms with Crippen molar-refractivity contribution in [1.29, 1.82) is 0 Å². The zero-order chi connectivity index (χ0) is 16.4. The van der Waals surface area contributed by atoms with Crippen molar-refractivity contribution in [3.05, 3.63) is 64.5 Å². The van der Waals surface area contributed by atoms with Crippen molar-refractivity contribution in [1.82, 2.24) is 0 Å².